The maximum absolute atomic E-state index is 12.5. The van der Waals surface area contributed by atoms with Crippen LogP contribution in [0.4, 0.5) is 0 Å². The summed E-state index contributed by atoms with van der Waals surface area (Å²) < 4.78 is 5.69. The van der Waals surface area contributed by atoms with E-state index in [0.29, 0.717) is 15.9 Å². The van der Waals surface area contributed by atoms with E-state index in [1.54, 1.807) is 24.3 Å². The average molecular weight is 405 g/mol. The van der Waals surface area contributed by atoms with Gasteiger partial charge in [0.25, 0.3) is 11.8 Å². The first kappa shape index (κ1) is 18.4. The van der Waals surface area contributed by atoms with Crippen molar-refractivity contribution in [1.82, 2.24) is 10.2 Å². The van der Waals surface area contributed by atoms with Crippen molar-refractivity contribution in [1.29, 1.82) is 0 Å². The molecular weight excluding hydrogens is 392 g/mol. The van der Waals surface area contributed by atoms with Crippen molar-refractivity contribution in [2.24, 2.45) is 0 Å². The first-order chi connectivity index (χ1) is 12.5. The van der Waals surface area contributed by atoms with Gasteiger partial charge < -0.3 is 4.42 Å². The molecule has 5 nitrogen and oxygen atoms in total. The second-order valence-electron chi connectivity index (χ2n) is 5.23. The van der Waals surface area contributed by atoms with Crippen molar-refractivity contribution in [3.63, 3.8) is 0 Å². The van der Waals surface area contributed by atoms with Crippen LogP contribution < -0.4 is 5.32 Å². The Kier molecular flexibility index (Phi) is 5.61. The molecular formula is C18H13ClN2O3S2. The lowest BCUT2D eigenvalue weighted by atomic mass is 10.1. The minimum atomic E-state index is -0.552. The van der Waals surface area contributed by atoms with Crippen molar-refractivity contribution < 1.29 is 14.0 Å². The number of thiocarbonyl (C=S) groups is 1. The number of hydrogen-bond donors (Lipinski definition) is 1. The minimum absolute atomic E-state index is 0.0437. The summed E-state index contributed by atoms with van der Waals surface area (Å²) in [7, 11) is 0. The zero-order valence-corrected chi connectivity index (χ0v) is 15.8. The third kappa shape index (κ3) is 4.07. The molecule has 2 heterocycles. The van der Waals surface area contributed by atoms with Crippen LogP contribution in [0.3, 0.4) is 0 Å². The maximum atomic E-state index is 12.5. The number of carbonyl (C=O) groups excluding carboxylic acids is 2. The van der Waals surface area contributed by atoms with Crippen LogP contribution in [-0.2, 0) is 9.59 Å². The molecule has 2 aromatic rings. The van der Waals surface area contributed by atoms with Crippen LogP contribution in [0.15, 0.2) is 69.0 Å². The van der Waals surface area contributed by atoms with Gasteiger partial charge in [-0.05, 0) is 54.7 Å². The highest BCUT2D eigenvalue weighted by Gasteiger charge is 2.32. The average Bonchev–Trinajstić information content (AvgIpc) is 3.04. The van der Waals surface area contributed by atoms with Gasteiger partial charge in [0.2, 0.25) is 0 Å². The van der Waals surface area contributed by atoms with Gasteiger partial charge in [-0.1, -0.05) is 29.4 Å². The van der Waals surface area contributed by atoms with Crippen molar-refractivity contribution in [2.45, 2.75) is 9.99 Å². The van der Waals surface area contributed by atoms with Crippen LogP contribution in [0.25, 0.3) is 6.08 Å². The lowest BCUT2D eigenvalue weighted by Gasteiger charge is -2.27. The Morgan fingerprint density at radius 1 is 1.23 bits per heavy atom. The smallest absolute Gasteiger partial charge is 0.266 e. The molecule has 1 saturated heterocycles. The summed E-state index contributed by atoms with van der Waals surface area (Å²) in [5, 5.41) is 3.84. The fraction of sp³-hybridized carbons (Fsp3) is 0.0556. The van der Waals surface area contributed by atoms with Crippen molar-refractivity contribution in [3.8, 4) is 0 Å². The number of halogens is 1. The van der Waals surface area contributed by atoms with E-state index < -0.39 is 11.8 Å². The zero-order chi connectivity index (χ0) is 18.7. The summed E-state index contributed by atoms with van der Waals surface area (Å²) in [5.41, 5.74) is -0.0437. The number of nitrogens with zero attached hydrogens (tertiary/aromatic N) is 1. The number of hydrogen-bond acceptors (Lipinski definition) is 5. The topological polar surface area (TPSA) is 62.6 Å². The van der Waals surface area contributed by atoms with Gasteiger partial charge >= 0.3 is 0 Å². The predicted octanol–water partition coefficient (Wildman–Crippen LogP) is 3.90. The summed E-state index contributed by atoms with van der Waals surface area (Å²) in [4.78, 5) is 26.8. The summed E-state index contributed by atoms with van der Waals surface area (Å²) in [6, 6.07) is 10.8. The normalized spacial score (nSPS) is 16.1. The van der Waals surface area contributed by atoms with Gasteiger partial charge in [0.15, 0.2) is 10.2 Å². The number of benzene rings is 1. The van der Waals surface area contributed by atoms with E-state index in [9.17, 15) is 9.59 Å². The second-order valence-corrected chi connectivity index (χ2v) is 7.14. The van der Waals surface area contributed by atoms with Crippen molar-refractivity contribution >= 4 is 58.6 Å². The van der Waals surface area contributed by atoms with Gasteiger partial charge in [0.05, 0.1) is 0 Å². The highest BCUT2D eigenvalue weighted by Crippen LogP contribution is 2.30. The van der Waals surface area contributed by atoms with Gasteiger partial charge in [-0.15, -0.1) is 6.58 Å². The maximum Gasteiger partial charge on any atom is 0.266 e. The molecule has 8 heteroatoms. The van der Waals surface area contributed by atoms with E-state index in [1.807, 2.05) is 12.1 Å². The summed E-state index contributed by atoms with van der Waals surface area (Å²) >= 11 is 12.3. The van der Waals surface area contributed by atoms with Gasteiger partial charge in [0, 0.05) is 16.5 Å². The van der Waals surface area contributed by atoms with Gasteiger partial charge in [-0.25, -0.2) is 0 Å². The molecule has 1 fully saturated rings. The van der Waals surface area contributed by atoms with Crippen LogP contribution in [0.2, 0.25) is 5.02 Å². The third-order valence-corrected chi connectivity index (χ3v) is 4.92. The predicted molar refractivity (Wildman–Crippen MR) is 105 cm³/mol. The van der Waals surface area contributed by atoms with Gasteiger partial charge in [-0.2, -0.15) is 0 Å². The summed E-state index contributed by atoms with van der Waals surface area (Å²) in [6.07, 6.45) is 2.94. The van der Waals surface area contributed by atoms with E-state index in [1.165, 1.54) is 28.8 Å². The van der Waals surface area contributed by atoms with E-state index >= 15 is 0 Å². The molecule has 0 aliphatic carbocycles. The molecule has 0 radical (unpaired) electrons. The van der Waals surface area contributed by atoms with Crippen LogP contribution in [0.5, 0.6) is 0 Å². The molecule has 26 heavy (non-hydrogen) atoms. The highest BCUT2D eigenvalue weighted by atomic mass is 35.5. The molecule has 1 aliphatic rings. The molecule has 0 spiro atoms. The first-order valence-electron chi connectivity index (χ1n) is 7.51. The molecule has 1 aromatic heterocycles. The summed E-state index contributed by atoms with van der Waals surface area (Å²) in [6.45, 7) is 3.80. The molecule has 0 unspecified atom stereocenters. The van der Waals surface area contributed by atoms with Gasteiger partial charge in [-0.3, -0.25) is 19.8 Å². The van der Waals surface area contributed by atoms with E-state index in [4.69, 9.17) is 28.2 Å². The van der Waals surface area contributed by atoms with Crippen molar-refractivity contribution in [2.75, 3.05) is 6.54 Å². The molecule has 132 valence electrons. The Labute approximate surface area is 164 Å². The molecule has 3 rings (SSSR count). The number of nitrogens with one attached hydrogen (secondary N) is 1. The quantitative estimate of drug-likeness (QED) is 0.354. The number of rotatable bonds is 5. The molecule has 2 amide bonds. The van der Waals surface area contributed by atoms with Crippen LogP contribution in [-0.4, -0.2) is 28.4 Å². The standard InChI is InChI=1S/C18H13ClN2O3S2/c1-2-9-21-17(23)14(16(22)20-18(21)25)10-12-5-8-15(24-12)26-13-6-3-11(19)4-7-13/h2-8,10H,1,9H2,(H,20,22,25)/b14-10+. The Hall–Kier alpha value is -2.35. The molecule has 1 aliphatic heterocycles. The fourth-order valence-corrected chi connectivity index (χ4v) is 3.37. The fourth-order valence-electron chi connectivity index (χ4n) is 2.22. The van der Waals surface area contributed by atoms with E-state index in [0.717, 1.165) is 4.90 Å². The number of amides is 2. The molecule has 0 bridgehead atoms. The lowest BCUT2D eigenvalue weighted by molar-refractivity contribution is -0.128. The molecule has 1 N–H and O–H groups in total. The number of furan rings is 1. The Morgan fingerprint density at radius 2 is 1.96 bits per heavy atom. The zero-order valence-electron chi connectivity index (χ0n) is 13.4. The van der Waals surface area contributed by atoms with Crippen LogP contribution in [0, 0.1) is 0 Å². The van der Waals surface area contributed by atoms with Gasteiger partial charge in [0.1, 0.15) is 11.3 Å². The largest absolute Gasteiger partial charge is 0.450 e. The lowest BCUT2D eigenvalue weighted by Crippen LogP contribution is -2.53. The number of carbonyl (C=O) groups is 2. The van der Waals surface area contributed by atoms with E-state index in [-0.39, 0.29) is 17.2 Å². The molecule has 1 aromatic carbocycles. The van der Waals surface area contributed by atoms with E-state index in [2.05, 4.69) is 11.9 Å². The Balaban J connectivity index is 1.80. The highest BCUT2D eigenvalue weighted by molar-refractivity contribution is 7.99. The Bertz CT molecular complexity index is 919. The molecule has 0 atom stereocenters. The van der Waals surface area contributed by atoms with Crippen LogP contribution >= 0.6 is 35.6 Å². The van der Waals surface area contributed by atoms with Crippen LogP contribution in [0.1, 0.15) is 5.76 Å². The SMILES string of the molecule is C=CCN1C(=O)/C(=C/c2ccc(Sc3ccc(Cl)cc3)o2)C(=O)NC1=S. The van der Waals surface area contributed by atoms with Crippen molar-refractivity contribution in [3.05, 3.63) is 65.4 Å². The molecule has 0 saturated carbocycles. The monoisotopic (exact) mass is 404 g/mol. The Morgan fingerprint density at radius 3 is 2.65 bits per heavy atom. The summed E-state index contributed by atoms with van der Waals surface area (Å²) in [5.74, 6) is -0.642. The minimum Gasteiger partial charge on any atom is -0.450 e. The first-order valence-corrected chi connectivity index (χ1v) is 9.11. The second kappa shape index (κ2) is 7.90. The third-order valence-electron chi connectivity index (χ3n) is 3.42.